The molecule has 0 aliphatic heterocycles. The van der Waals surface area contributed by atoms with Gasteiger partial charge in [-0.1, -0.05) is 60.8 Å². The van der Waals surface area contributed by atoms with E-state index in [1.165, 1.54) is 0 Å². The first kappa shape index (κ1) is 20.1. The van der Waals surface area contributed by atoms with E-state index in [1.807, 2.05) is 30.3 Å². The Kier molecular flexibility index (Phi) is 5.81. The van der Waals surface area contributed by atoms with Crippen molar-refractivity contribution in [3.63, 3.8) is 0 Å². The summed E-state index contributed by atoms with van der Waals surface area (Å²) < 4.78 is 0. The van der Waals surface area contributed by atoms with Gasteiger partial charge in [-0.3, -0.25) is 9.59 Å². The second-order valence-corrected chi connectivity index (χ2v) is 7.94. The summed E-state index contributed by atoms with van der Waals surface area (Å²) in [7, 11) is 0. The van der Waals surface area contributed by atoms with Gasteiger partial charge in [0, 0.05) is 10.6 Å². The lowest BCUT2D eigenvalue weighted by atomic mass is 9.78. The fraction of sp³-hybridized carbons (Fsp3) is 0.208. The van der Waals surface area contributed by atoms with Crippen LogP contribution in [0, 0.1) is 0 Å². The fourth-order valence-corrected chi connectivity index (χ4v) is 4.18. The van der Waals surface area contributed by atoms with E-state index < -0.39 is 5.41 Å². The first-order valence-electron chi connectivity index (χ1n) is 9.97. The second kappa shape index (κ2) is 8.67. The minimum atomic E-state index is -0.499. The highest BCUT2D eigenvalue weighted by Gasteiger charge is 2.42. The van der Waals surface area contributed by atoms with Crippen LogP contribution in [-0.2, 0) is 10.2 Å². The molecule has 1 saturated carbocycles. The minimum absolute atomic E-state index is 0.0105. The number of pyridine rings is 1. The van der Waals surface area contributed by atoms with E-state index >= 15 is 0 Å². The average Bonchev–Trinajstić information content (AvgIpc) is 3.27. The molecule has 3 aromatic rings. The fourth-order valence-electron chi connectivity index (χ4n) is 3.99. The highest BCUT2D eigenvalue weighted by molar-refractivity contribution is 6.31. The van der Waals surface area contributed by atoms with Crippen molar-refractivity contribution in [1.29, 1.82) is 0 Å². The molecule has 2 aromatic carbocycles. The van der Waals surface area contributed by atoms with Crippen LogP contribution >= 0.6 is 11.6 Å². The topological polar surface area (TPSA) is 71.1 Å². The van der Waals surface area contributed by atoms with E-state index in [4.69, 9.17) is 11.6 Å². The summed E-state index contributed by atoms with van der Waals surface area (Å²) in [5, 5.41) is 6.24. The Morgan fingerprint density at radius 3 is 2.33 bits per heavy atom. The predicted molar refractivity (Wildman–Crippen MR) is 119 cm³/mol. The first-order chi connectivity index (χ1) is 14.6. The first-order valence-corrected chi connectivity index (χ1v) is 10.3. The van der Waals surface area contributed by atoms with E-state index in [9.17, 15) is 9.59 Å². The number of carbonyl (C=O) groups is 2. The van der Waals surface area contributed by atoms with Crippen LogP contribution in [0.4, 0.5) is 11.5 Å². The number of halogens is 1. The second-order valence-electron chi connectivity index (χ2n) is 7.51. The quantitative estimate of drug-likeness (QED) is 0.578. The molecule has 4 rings (SSSR count). The van der Waals surface area contributed by atoms with Crippen molar-refractivity contribution in [2.45, 2.75) is 31.1 Å². The number of nitrogens with zero attached hydrogens (tertiary/aromatic N) is 1. The zero-order valence-electron chi connectivity index (χ0n) is 16.4. The standard InChI is InChI=1S/C24H22ClN3O2/c25-19-10-6-7-17(15-19)22(29)28-21-12-11-20(16-26-21)27-23(30)24(13-4-5-14-24)18-8-2-1-3-9-18/h1-3,6-12,15-16H,4-5,13-14H2,(H,27,30)(H,26,28,29). The van der Waals surface area contributed by atoms with Gasteiger partial charge >= 0.3 is 0 Å². The molecule has 1 fully saturated rings. The zero-order valence-corrected chi connectivity index (χ0v) is 17.2. The molecule has 1 heterocycles. The van der Waals surface area contributed by atoms with E-state index in [-0.39, 0.29) is 11.8 Å². The maximum Gasteiger partial charge on any atom is 0.256 e. The minimum Gasteiger partial charge on any atom is -0.324 e. The van der Waals surface area contributed by atoms with Gasteiger partial charge in [-0.2, -0.15) is 0 Å². The number of benzene rings is 2. The molecule has 0 spiro atoms. The van der Waals surface area contributed by atoms with E-state index in [0.29, 0.717) is 22.1 Å². The summed E-state index contributed by atoms with van der Waals surface area (Å²) >= 11 is 5.93. The lowest BCUT2D eigenvalue weighted by Crippen LogP contribution is -2.38. The molecular formula is C24H22ClN3O2. The molecular weight excluding hydrogens is 398 g/mol. The van der Waals surface area contributed by atoms with E-state index in [2.05, 4.69) is 15.6 Å². The Balaban J connectivity index is 1.45. The van der Waals surface area contributed by atoms with Crippen molar-refractivity contribution in [2.75, 3.05) is 10.6 Å². The number of hydrogen-bond acceptors (Lipinski definition) is 3. The monoisotopic (exact) mass is 419 g/mol. The van der Waals surface area contributed by atoms with Crippen molar-refractivity contribution in [1.82, 2.24) is 4.98 Å². The lowest BCUT2D eigenvalue weighted by molar-refractivity contribution is -0.121. The molecule has 1 aromatic heterocycles. The number of anilines is 2. The van der Waals surface area contributed by atoms with Gasteiger partial charge in [0.2, 0.25) is 5.91 Å². The molecule has 0 atom stereocenters. The Labute approximate surface area is 180 Å². The maximum absolute atomic E-state index is 13.2. The Morgan fingerprint density at radius 1 is 0.900 bits per heavy atom. The van der Waals surface area contributed by atoms with Crippen LogP contribution in [0.3, 0.4) is 0 Å². The number of amides is 2. The summed E-state index contributed by atoms with van der Waals surface area (Å²) in [4.78, 5) is 29.8. The summed E-state index contributed by atoms with van der Waals surface area (Å²) in [6.07, 6.45) is 5.30. The number of rotatable bonds is 5. The van der Waals surface area contributed by atoms with Gasteiger partial charge in [0.05, 0.1) is 17.3 Å². The molecule has 152 valence electrons. The van der Waals surface area contributed by atoms with Crippen LogP contribution in [0.2, 0.25) is 5.02 Å². The van der Waals surface area contributed by atoms with E-state index in [0.717, 1.165) is 31.2 Å². The van der Waals surface area contributed by atoms with Crippen molar-refractivity contribution in [2.24, 2.45) is 0 Å². The number of carbonyl (C=O) groups excluding carboxylic acids is 2. The Morgan fingerprint density at radius 2 is 1.67 bits per heavy atom. The Bertz CT molecular complexity index is 1050. The van der Waals surface area contributed by atoms with Crippen LogP contribution in [-0.4, -0.2) is 16.8 Å². The highest BCUT2D eigenvalue weighted by Crippen LogP contribution is 2.42. The van der Waals surface area contributed by atoms with Crippen LogP contribution in [0.25, 0.3) is 0 Å². The molecule has 0 bridgehead atoms. The molecule has 1 aliphatic rings. The van der Waals surface area contributed by atoms with Gasteiger partial charge in [-0.25, -0.2) is 4.98 Å². The molecule has 0 unspecified atom stereocenters. The molecule has 0 saturated heterocycles. The van der Waals surface area contributed by atoms with Crippen molar-refractivity contribution >= 4 is 34.9 Å². The van der Waals surface area contributed by atoms with Crippen molar-refractivity contribution in [3.05, 3.63) is 89.1 Å². The molecule has 1 aliphatic carbocycles. The van der Waals surface area contributed by atoms with Crippen LogP contribution < -0.4 is 10.6 Å². The highest BCUT2D eigenvalue weighted by atomic mass is 35.5. The van der Waals surface area contributed by atoms with E-state index in [1.54, 1.807) is 42.6 Å². The number of nitrogens with one attached hydrogen (secondary N) is 2. The van der Waals surface area contributed by atoms with Gasteiger partial charge in [-0.15, -0.1) is 0 Å². The molecule has 5 nitrogen and oxygen atoms in total. The third-order valence-corrected chi connectivity index (χ3v) is 5.80. The largest absolute Gasteiger partial charge is 0.324 e. The smallest absolute Gasteiger partial charge is 0.256 e. The molecule has 6 heteroatoms. The van der Waals surface area contributed by atoms with Gasteiger partial charge in [0.15, 0.2) is 0 Å². The number of aromatic nitrogens is 1. The summed E-state index contributed by atoms with van der Waals surface area (Å²) in [5.41, 5.74) is 1.61. The summed E-state index contributed by atoms with van der Waals surface area (Å²) in [5.74, 6) is 0.0936. The van der Waals surface area contributed by atoms with Crippen molar-refractivity contribution in [3.8, 4) is 0 Å². The molecule has 0 radical (unpaired) electrons. The van der Waals surface area contributed by atoms with Crippen molar-refractivity contribution < 1.29 is 9.59 Å². The SMILES string of the molecule is O=C(Nc1ccc(NC(=O)C2(c3ccccc3)CCCC2)cn1)c1cccc(Cl)c1. The van der Waals surface area contributed by atoms with Gasteiger partial charge in [0.1, 0.15) is 5.82 Å². The Hall–Kier alpha value is -3.18. The normalized spacial score (nSPS) is 14.8. The molecule has 30 heavy (non-hydrogen) atoms. The summed E-state index contributed by atoms with van der Waals surface area (Å²) in [6.45, 7) is 0. The third kappa shape index (κ3) is 4.21. The van der Waals surface area contributed by atoms with Gasteiger partial charge in [-0.05, 0) is 48.7 Å². The van der Waals surface area contributed by atoms with Crippen LogP contribution in [0.5, 0.6) is 0 Å². The average molecular weight is 420 g/mol. The van der Waals surface area contributed by atoms with Crippen LogP contribution in [0.1, 0.15) is 41.6 Å². The lowest BCUT2D eigenvalue weighted by Gasteiger charge is -2.28. The molecule has 2 amide bonds. The third-order valence-electron chi connectivity index (χ3n) is 5.57. The maximum atomic E-state index is 13.2. The van der Waals surface area contributed by atoms with Gasteiger partial charge < -0.3 is 10.6 Å². The molecule has 2 N–H and O–H groups in total. The zero-order chi connectivity index (χ0) is 21.0. The predicted octanol–water partition coefficient (Wildman–Crippen LogP) is 5.44. The van der Waals surface area contributed by atoms with Gasteiger partial charge in [0.25, 0.3) is 5.91 Å². The number of hydrogen-bond donors (Lipinski definition) is 2. The summed E-state index contributed by atoms with van der Waals surface area (Å²) in [6, 6.07) is 20.1. The van der Waals surface area contributed by atoms with Crippen LogP contribution in [0.15, 0.2) is 72.9 Å².